The van der Waals surface area contributed by atoms with Crippen LogP contribution in [0.5, 0.6) is 5.75 Å². The van der Waals surface area contributed by atoms with Crippen LogP contribution in [0.1, 0.15) is 43.5 Å². The molecule has 3 aromatic rings. The van der Waals surface area contributed by atoms with E-state index in [0.717, 1.165) is 6.20 Å². The summed E-state index contributed by atoms with van der Waals surface area (Å²) in [5, 5.41) is 10.2. The summed E-state index contributed by atoms with van der Waals surface area (Å²) in [6.07, 6.45) is 4.07. The third-order valence-corrected chi connectivity index (χ3v) is 5.98. The molecule has 0 radical (unpaired) electrons. The van der Waals surface area contributed by atoms with E-state index in [1.165, 1.54) is 10.9 Å². The molecular weight excluding hydrogens is 473 g/mol. The lowest BCUT2D eigenvalue weighted by Crippen LogP contribution is -2.29. The number of rotatable bonds is 6. The molecule has 0 saturated heterocycles. The van der Waals surface area contributed by atoms with Gasteiger partial charge in [0, 0.05) is 29.9 Å². The molecule has 1 aliphatic rings. The van der Waals surface area contributed by atoms with Crippen LogP contribution < -0.4 is 10.3 Å². The molecule has 1 N–H and O–H groups in total. The average molecular weight is 498 g/mol. The lowest BCUT2D eigenvalue weighted by Gasteiger charge is -2.24. The zero-order valence-corrected chi connectivity index (χ0v) is 20.5. The SMILES string of the molecule is Cc1cc(OCc2ncncc2F)c(Cl)c(=O)n1C1=CC(c2cccc(C(C)(C)O)n2)=NC[C@H]1C. The zero-order chi connectivity index (χ0) is 25.3. The zero-order valence-electron chi connectivity index (χ0n) is 19.8. The summed E-state index contributed by atoms with van der Waals surface area (Å²) >= 11 is 6.39. The number of aliphatic hydroxyl groups is 1. The number of hydrogen-bond acceptors (Lipinski definition) is 7. The average Bonchev–Trinajstić information content (AvgIpc) is 2.82. The standard InChI is InChI=1S/C25H25ClFN5O3/c1-14-10-29-18(17-6-5-7-22(31-17)25(3,4)34)9-20(14)32-15(2)8-21(23(26)24(32)33)35-12-19-16(27)11-28-13-30-19/h5-9,11,13-14,34H,10,12H2,1-4H3/t14-/m1/s1. The Morgan fingerprint density at radius 2 is 2.11 bits per heavy atom. The number of ether oxygens (including phenoxy) is 1. The first-order valence-corrected chi connectivity index (χ1v) is 11.4. The Morgan fingerprint density at radius 3 is 2.83 bits per heavy atom. The van der Waals surface area contributed by atoms with Crippen molar-refractivity contribution in [2.75, 3.05) is 6.54 Å². The molecule has 0 spiro atoms. The predicted octanol–water partition coefficient (Wildman–Crippen LogP) is 3.92. The highest BCUT2D eigenvalue weighted by Crippen LogP contribution is 2.28. The van der Waals surface area contributed by atoms with Crippen molar-refractivity contribution in [1.82, 2.24) is 19.5 Å². The molecule has 4 heterocycles. The first-order valence-electron chi connectivity index (χ1n) is 11.0. The Labute approximate surface area is 206 Å². The van der Waals surface area contributed by atoms with Crippen LogP contribution in [0, 0.1) is 18.7 Å². The van der Waals surface area contributed by atoms with Gasteiger partial charge in [-0.1, -0.05) is 24.6 Å². The quantitative estimate of drug-likeness (QED) is 0.553. The maximum absolute atomic E-state index is 13.8. The monoisotopic (exact) mass is 497 g/mol. The molecule has 8 nitrogen and oxygen atoms in total. The third-order valence-electron chi connectivity index (χ3n) is 5.63. The van der Waals surface area contributed by atoms with Crippen molar-refractivity contribution < 1.29 is 14.2 Å². The number of allylic oxidation sites excluding steroid dienone is 1. The summed E-state index contributed by atoms with van der Waals surface area (Å²) in [5.74, 6) is -0.532. The minimum atomic E-state index is -1.10. The number of aromatic nitrogens is 4. The highest BCUT2D eigenvalue weighted by molar-refractivity contribution is 6.31. The fourth-order valence-corrected chi connectivity index (χ4v) is 3.91. The number of pyridine rings is 2. The molecule has 0 aromatic carbocycles. The Balaban J connectivity index is 1.69. The van der Waals surface area contributed by atoms with Gasteiger partial charge in [-0.2, -0.15) is 0 Å². The lowest BCUT2D eigenvalue weighted by atomic mass is 9.99. The van der Waals surface area contributed by atoms with Gasteiger partial charge in [-0.05, 0) is 39.0 Å². The third kappa shape index (κ3) is 5.16. The van der Waals surface area contributed by atoms with E-state index in [1.54, 1.807) is 32.9 Å². The van der Waals surface area contributed by atoms with Crippen LogP contribution in [0.4, 0.5) is 4.39 Å². The van der Waals surface area contributed by atoms with Crippen LogP contribution in [0.2, 0.25) is 5.02 Å². The largest absolute Gasteiger partial charge is 0.485 e. The topological polar surface area (TPSA) is 102 Å². The molecule has 182 valence electrons. The highest BCUT2D eigenvalue weighted by atomic mass is 35.5. The second-order valence-corrected chi connectivity index (χ2v) is 9.25. The fourth-order valence-electron chi connectivity index (χ4n) is 3.71. The minimum absolute atomic E-state index is 0.0585. The van der Waals surface area contributed by atoms with E-state index in [4.69, 9.17) is 16.3 Å². The highest BCUT2D eigenvalue weighted by Gasteiger charge is 2.24. The van der Waals surface area contributed by atoms with Crippen molar-refractivity contribution in [2.24, 2.45) is 10.9 Å². The van der Waals surface area contributed by atoms with Gasteiger partial charge in [-0.15, -0.1) is 0 Å². The molecule has 35 heavy (non-hydrogen) atoms. The molecular formula is C25H25ClFN5O3. The molecule has 1 aliphatic heterocycles. The van der Waals surface area contributed by atoms with E-state index >= 15 is 0 Å². The minimum Gasteiger partial charge on any atom is -0.485 e. The molecule has 0 amide bonds. The fraction of sp³-hybridized carbons (Fsp3) is 0.320. The Bertz CT molecular complexity index is 1390. The second kappa shape index (κ2) is 9.67. The van der Waals surface area contributed by atoms with Crippen molar-refractivity contribution >= 4 is 23.0 Å². The van der Waals surface area contributed by atoms with Crippen LogP contribution in [-0.4, -0.2) is 36.9 Å². The van der Waals surface area contributed by atoms with Crippen molar-refractivity contribution in [1.29, 1.82) is 0 Å². The maximum atomic E-state index is 13.8. The van der Waals surface area contributed by atoms with Gasteiger partial charge < -0.3 is 9.84 Å². The molecule has 1 atom stereocenters. The first-order chi connectivity index (χ1) is 16.6. The molecule has 0 aliphatic carbocycles. The van der Waals surface area contributed by atoms with Crippen molar-refractivity contribution in [3.63, 3.8) is 0 Å². The van der Waals surface area contributed by atoms with E-state index < -0.39 is 17.0 Å². The van der Waals surface area contributed by atoms with Crippen LogP contribution in [0.3, 0.4) is 0 Å². The number of dihydropyridines is 1. The van der Waals surface area contributed by atoms with Crippen molar-refractivity contribution in [2.45, 2.75) is 39.9 Å². The Hall–Kier alpha value is -3.43. The molecule has 3 aromatic heterocycles. The molecule has 0 unspecified atom stereocenters. The van der Waals surface area contributed by atoms with E-state index in [0.29, 0.717) is 35.0 Å². The van der Waals surface area contributed by atoms with Gasteiger partial charge in [0.05, 0.1) is 23.3 Å². The van der Waals surface area contributed by atoms with Gasteiger partial charge in [-0.25, -0.2) is 19.3 Å². The summed E-state index contributed by atoms with van der Waals surface area (Å²) < 4.78 is 21.0. The van der Waals surface area contributed by atoms with Gasteiger partial charge in [0.25, 0.3) is 5.56 Å². The smallest absolute Gasteiger partial charge is 0.277 e. The number of aryl methyl sites for hydroxylation is 1. The van der Waals surface area contributed by atoms with E-state index in [1.807, 2.05) is 25.1 Å². The maximum Gasteiger partial charge on any atom is 0.277 e. The molecule has 4 rings (SSSR count). The van der Waals surface area contributed by atoms with Gasteiger partial charge in [0.2, 0.25) is 0 Å². The first kappa shape index (κ1) is 24.7. The summed E-state index contributed by atoms with van der Waals surface area (Å²) in [5.41, 5.74) is 1.52. The van der Waals surface area contributed by atoms with Gasteiger partial charge >= 0.3 is 0 Å². The Kier molecular flexibility index (Phi) is 6.82. The second-order valence-electron chi connectivity index (χ2n) is 8.87. The number of nitrogens with zero attached hydrogens (tertiary/aromatic N) is 5. The van der Waals surface area contributed by atoms with Crippen LogP contribution in [0.15, 0.2) is 52.7 Å². The van der Waals surface area contributed by atoms with Crippen molar-refractivity contribution in [3.8, 4) is 5.75 Å². The molecule has 0 bridgehead atoms. The summed E-state index contributed by atoms with van der Waals surface area (Å²) in [7, 11) is 0. The van der Waals surface area contributed by atoms with E-state index in [2.05, 4.69) is 19.9 Å². The predicted molar refractivity (Wildman–Crippen MR) is 131 cm³/mol. The Morgan fingerprint density at radius 1 is 1.34 bits per heavy atom. The summed E-state index contributed by atoms with van der Waals surface area (Å²) in [4.78, 5) is 29.9. The summed E-state index contributed by atoms with van der Waals surface area (Å²) in [6, 6.07) is 7.00. The van der Waals surface area contributed by atoms with Gasteiger partial charge in [0.1, 0.15) is 35.0 Å². The van der Waals surface area contributed by atoms with Crippen molar-refractivity contribution in [3.05, 3.63) is 86.8 Å². The van der Waals surface area contributed by atoms with Crippen LogP contribution in [0.25, 0.3) is 5.70 Å². The lowest BCUT2D eigenvalue weighted by molar-refractivity contribution is 0.0738. The van der Waals surface area contributed by atoms with E-state index in [9.17, 15) is 14.3 Å². The van der Waals surface area contributed by atoms with E-state index in [-0.39, 0.29) is 29.0 Å². The molecule has 0 fully saturated rings. The van der Waals surface area contributed by atoms with Crippen LogP contribution >= 0.6 is 11.6 Å². The number of hydrogen-bond donors (Lipinski definition) is 1. The summed E-state index contributed by atoms with van der Waals surface area (Å²) in [6.45, 7) is 7.31. The van der Waals surface area contributed by atoms with Gasteiger partial charge in [-0.3, -0.25) is 14.4 Å². The number of aliphatic imine (C=N–C) groups is 1. The normalized spacial score (nSPS) is 16.0. The number of halogens is 2. The molecule has 0 saturated carbocycles. The van der Waals surface area contributed by atoms with Crippen LogP contribution in [-0.2, 0) is 12.2 Å². The molecule has 10 heteroatoms. The van der Waals surface area contributed by atoms with Gasteiger partial charge in [0.15, 0.2) is 5.82 Å².